The van der Waals surface area contributed by atoms with Gasteiger partial charge in [-0.15, -0.1) is 0 Å². The molecular formula is C21H23BrN4O3. The smallest absolute Gasteiger partial charge is 0.163 e. The molecule has 0 aliphatic carbocycles. The molecule has 0 radical (unpaired) electrons. The molecule has 2 heterocycles. The molecule has 1 aliphatic heterocycles. The summed E-state index contributed by atoms with van der Waals surface area (Å²) in [5, 5.41) is 4.19. The van der Waals surface area contributed by atoms with Crippen molar-refractivity contribution in [3.8, 4) is 11.5 Å². The Bertz CT molecular complexity index is 984. The molecule has 1 saturated heterocycles. The molecule has 1 fully saturated rings. The van der Waals surface area contributed by atoms with Gasteiger partial charge in [-0.25, -0.2) is 9.97 Å². The molecule has 0 amide bonds. The topological polar surface area (TPSA) is 68.7 Å². The quantitative estimate of drug-likeness (QED) is 0.601. The number of benzene rings is 2. The van der Waals surface area contributed by atoms with Crippen LogP contribution in [-0.2, 0) is 4.74 Å². The maximum absolute atomic E-state index is 6.03. The highest BCUT2D eigenvalue weighted by molar-refractivity contribution is 9.10. The van der Waals surface area contributed by atoms with Crippen LogP contribution >= 0.6 is 15.9 Å². The van der Waals surface area contributed by atoms with Crippen LogP contribution in [0.15, 0.2) is 47.2 Å². The number of methoxy groups -OCH3 is 1. The van der Waals surface area contributed by atoms with Gasteiger partial charge in [0, 0.05) is 34.7 Å². The molecule has 4 rings (SSSR count). The standard InChI is InChI=1S/C21H23BrN4O3/c1-26-7-8-28-16(11-26)12-29-20-10-18-17(9-19(20)27-2)21(24-13-23-18)25-15-5-3-14(22)4-6-15/h3-6,9-10,13,16H,7-8,11-12H2,1-2H3,(H,23,24,25). The van der Waals surface area contributed by atoms with Crippen LogP contribution in [0.1, 0.15) is 0 Å². The van der Waals surface area contributed by atoms with Crippen LogP contribution in [0.2, 0.25) is 0 Å². The molecule has 1 atom stereocenters. The monoisotopic (exact) mass is 458 g/mol. The fraction of sp³-hybridized carbons (Fsp3) is 0.333. The number of nitrogens with zero attached hydrogens (tertiary/aromatic N) is 3. The van der Waals surface area contributed by atoms with E-state index in [9.17, 15) is 0 Å². The average molecular weight is 459 g/mol. The molecule has 152 valence electrons. The van der Waals surface area contributed by atoms with Crippen molar-refractivity contribution in [2.75, 3.05) is 45.8 Å². The molecule has 29 heavy (non-hydrogen) atoms. The zero-order valence-electron chi connectivity index (χ0n) is 16.4. The van der Waals surface area contributed by atoms with Crippen molar-refractivity contribution >= 4 is 38.3 Å². The average Bonchev–Trinajstić information content (AvgIpc) is 2.73. The Balaban J connectivity index is 1.58. The van der Waals surface area contributed by atoms with Gasteiger partial charge in [-0.05, 0) is 37.4 Å². The summed E-state index contributed by atoms with van der Waals surface area (Å²) >= 11 is 3.45. The lowest BCUT2D eigenvalue weighted by Crippen LogP contribution is -2.42. The van der Waals surface area contributed by atoms with Crippen molar-refractivity contribution in [2.45, 2.75) is 6.10 Å². The number of halogens is 1. The lowest BCUT2D eigenvalue weighted by Gasteiger charge is -2.30. The van der Waals surface area contributed by atoms with E-state index >= 15 is 0 Å². The maximum Gasteiger partial charge on any atom is 0.163 e. The first-order chi connectivity index (χ1) is 14.1. The van der Waals surface area contributed by atoms with Crippen LogP contribution in [0.4, 0.5) is 11.5 Å². The molecule has 8 heteroatoms. The first-order valence-corrected chi connectivity index (χ1v) is 10.2. The van der Waals surface area contributed by atoms with Crippen molar-refractivity contribution in [1.82, 2.24) is 14.9 Å². The van der Waals surface area contributed by atoms with Crippen LogP contribution in [0.5, 0.6) is 11.5 Å². The molecule has 0 bridgehead atoms. The SMILES string of the molecule is COc1cc2c(Nc3ccc(Br)cc3)ncnc2cc1OCC1CN(C)CCO1. The summed E-state index contributed by atoms with van der Waals surface area (Å²) in [6.07, 6.45) is 1.58. The summed E-state index contributed by atoms with van der Waals surface area (Å²) in [6.45, 7) is 2.97. The van der Waals surface area contributed by atoms with E-state index < -0.39 is 0 Å². The number of fused-ring (bicyclic) bond motifs is 1. The first kappa shape index (κ1) is 19.9. The van der Waals surface area contributed by atoms with E-state index in [0.29, 0.717) is 23.9 Å². The Kier molecular flexibility index (Phi) is 6.13. The molecule has 2 aromatic carbocycles. The van der Waals surface area contributed by atoms with Crippen molar-refractivity contribution in [3.05, 3.63) is 47.2 Å². The zero-order chi connectivity index (χ0) is 20.2. The molecule has 1 unspecified atom stereocenters. The zero-order valence-corrected chi connectivity index (χ0v) is 18.0. The number of hydrogen-bond acceptors (Lipinski definition) is 7. The number of likely N-dealkylation sites (N-methyl/N-ethyl adjacent to an activating group) is 1. The highest BCUT2D eigenvalue weighted by atomic mass is 79.9. The van der Waals surface area contributed by atoms with Crippen LogP contribution in [-0.4, -0.2) is 61.4 Å². The van der Waals surface area contributed by atoms with Gasteiger partial charge in [-0.2, -0.15) is 0 Å². The van der Waals surface area contributed by atoms with Crippen LogP contribution in [0.25, 0.3) is 10.9 Å². The van der Waals surface area contributed by atoms with Gasteiger partial charge in [0.05, 0.1) is 19.2 Å². The second-order valence-corrected chi connectivity index (χ2v) is 7.86. The van der Waals surface area contributed by atoms with Crippen molar-refractivity contribution in [3.63, 3.8) is 0 Å². The summed E-state index contributed by atoms with van der Waals surface area (Å²) in [5.74, 6) is 1.99. The number of morpholine rings is 1. The van der Waals surface area contributed by atoms with E-state index in [4.69, 9.17) is 14.2 Å². The van der Waals surface area contributed by atoms with Gasteiger partial charge in [0.15, 0.2) is 11.5 Å². The van der Waals surface area contributed by atoms with Gasteiger partial charge in [-0.1, -0.05) is 15.9 Å². The van der Waals surface area contributed by atoms with E-state index in [1.54, 1.807) is 13.4 Å². The summed E-state index contributed by atoms with van der Waals surface area (Å²) in [5.41, 5.74) is 1.71. The molecule has 1 aliphatic rings. The Labute approximate surface area is 178 Å². The molecule has 0 saturated carbocycles. The van der Waals surface area contributed by atoms with Gasteiger partial charge in [0.2, 0.25) is 0 Å². The largest absolute Gasteiger partial charge is 0.493 e. The summed E-state index contributed by atoms with van der Waals surface area (Å²) < 4.78 is 18.4. The molecule has 7 nitrogen and oxygen atoms in total. The van der Waals surface area contributed by atoms with Crippen LogP contribution in [0.3, 0.4) is 0 Å². The molecular weight excluding hydrogens is 436 g/mol. The van der Waals surface area contributed by atoms with Crippen molar-refractivity contribution in [2.24, 2.45) is 0 Å². The van der Waals surface area contributed by atoms with Gasteiger partial charge >= 0.3 is 0 Å². The fourth-order valence-electron chi connectivity index (χ4n) is 3.26. The summed E-state index contributed by atoms with van der Waals surface area (Å²) in [4.78, 5) is 11.0. The normalized spacial score (nSPS) is 17.3. The molecule has 3 aromatic rings. The van der Waals surface area contributed by atoms with Crippen LogP contribution < -0.4 is 14.8 Å². The number of rotatable bonds is 6. The van der Waals surface area contributed by atoms with Gasteiger partial charge in [-0.3, -0.25) is 0 Å². The molecule has 1 aromatic heterocycles. The van der Waals surface area contributed by atoms with Crippen molar-refractivity contribution < 1.29 is 14.2 Å². The van der Waals surface area contributed by atoms with Gasteiger partial charge < -0.3 is 24.4 Å². The maximum atomic E-state index is 6.03. The van der Waals surface area contributed by atoms with Crippen LogP contribution in [0, 0.1) is 0 Å². The number of ether oxygens (including phenoxy) is 3. The Morgan fingerprint density at radius 1 is 1.21 bits per heavy atom. The van der Waals surface area contributed by atoms with E-state index in [0.717, 1.165) is 40.8 Å². The molecule has 1 N–H and O–H groups in total. The lowest BCUT2D eigenvalue weighted by atomic mass is 10.2. The Morgan fingerprint density at radius 2 is 2.03 bits per heavy atom. The minimum Gasteiger partial charge on any atom is -0.493 e. The summed E-state index contributed by atoms with van der Waals surface area (Å²) in [7, 11) is 3.72. The van der Waals surface area contributed by atoms with Gasteiger partial charge in [0.1, 0.15) is 24.9 Å². The third-order valence-electron chi connectivity index (χ3n) is 4.79. The second kappa shape index (κ2) is 8.94. The fourth-order valence-corrected chi connectivity index (χ4v) is 3.52. The highest BCUT2D eigenvalue weighted by Crippen LogP contribution is 2.35. The van der Waals surface area contributed by atoms with E-state index in [2.05, 4.69) is 43.2 Å². The Morgan fingerprint density at radius 3 is 2.79 bits per heavy atom. The van der Waals surface area contributed by atoms with E-state index in [1.165, 1.54) is 0 Å². The second-order valence-electron chi connectivity index (χ2n) is 6.94. The first-order valence-electron chi connectivity index (χ1n) is 9.40. The van der Waals surface area contributed by atoms with E-state index in [-0.39, 0.29) is 6.10 Å². The lowest BCUT2D eigenvalue weighted by molar-refractivity contribution is -0.0406. The van der Waals surface area contributed by atoms with Gasteiger partial charge in [0.25, 0.3) is 0 Å². The highest BCUT2D eigenvalue weighted by Gasteiger charge is 2.19. The van der Waals surface area contributed by atoms with E-state index in [1.807, 2.05) is 36.4 Å². The third kappa shape index (κ3) is 4.77. The molecule has 0 spiro atoms. The third-order valence-corrected chi connectivity index (χ3v) is 5.32. The number of anilines is 2. The number of hydrogen-bond donors (Lipinski definition) is 1. The minimum absolute atomic E-state index is 0.0363. The number of nitrogens with one attached hydrogen (secondary N) is 1. The summed E-state index contributed by atoms with van der Waals surface area (Å²) in [6, 6.07) is 11.7. The minimum atomic E-state index is 0.0363. The Hall–Kier alpha value is -2.42. The predicted molar refractivity (Wildman–Crippen MR) is 116 cm³/mol. The number of aromatic nitrogens is 2. The van der Waals surface area contributed by atoms with Crippen molar-refractivity contribution in [1.29, 1.82) is 0 Å². The predicted octanol–water partition coefficient (Wildman–Crippen LogP) is 3.85.